The summed E-state index contributed by atoms with van der Waals surface area (Å²) >= 11 is 0. The molecular formula is C2H2N10. The molecule has 0 N–H and O–H groups in total. The normalized spacial score (nSPS) is 11.0. The average Bonchev–Trinajstić information content (AvgIpc) is 2.74. The predicted octanol–water partition coefficient (Wildman–Crippen LogP) is -1.66. The van der Waals surface area contributed by atoms with Crippen LogP contribution in [0.3, 0.4) is 0 Å². The third kappa shape index (κ3) is 1.25. The molecule has 2 aromatic rings. The lowest BCUT2D eigenvalue weighted by molar-refractivity contribution is 0.489. The molecule has 0 saturated carbocycles. The first-order chi connectivity index (χ1) is 5.95. The maximum Gasteiger partial charge on any atom is 0.164 e. The molecule has 0 aliphatic carbocycles. The molecule has 0 amide bonds. The summed E-state index contributed by atoms with van der Waals surface area (Å²) in [5, 5.41) is 27.7. The first kappa shape index (κ1) is 6.45. The van der Waals surface area contributed by atoms with Crippen LogP contribution < -0.4 is 0 Å². The smallest absolute Gasteiger partial charge is 0.115 e. The van der Waals surface area contributed by atoms with Gasteiger partial charge in [-0.25, -0.2) is 0 Å². The van der Waals surface area contributed by atoms with Crippen molar-refractivity contribution in [3.8, 4) is 0 Å². The Hall–Kier alpha value is -2.26. The van der Waals surface area contributed by atoms with Crippen LogP contribution in [0.25, 0.3) is 0 Å². The van der Waals surface area contributed by atoms with Crippen LogP contribution in [0, 0.1) is 0 Å². The number of tetrazole rings is 2. The van der Waals surface area contributed by atoms with Gasteiger partial charge in [-0.1, -0.05) is 0 Å². The number of rotatable bonds is 2. The van der Waals surface area contributed by atoms with E-state index in [-0.39, 0.29) is 0 Å². The fraction of sp³-hybridized carbons (Fsp3) is 0. The quantitative estimate of drug-likeness (QED) is 0.493. The van der Waals surface area contributed by atoms with E-state index in [9.17, 15) is 0 Å². The molecule has 0 fully saturated rings. The van der Waals surface area contributed by atoms with Crippen LogP contribution >= 0.6 is 0 Å². The van der Waals surface area contributed by atoms with E-state index in [1.54, 1.807) is 0 Å². The second-order valence-corrected chi connectivity index (χ2v) is 1.59. The summed E-state index contributed by atoms with van der Waals surface area (Å²) in [4.78, 5) is 1.84. The number of aromatic nitrogens is 8. The molecule has 0 unspecified atom stereocenters. The summed E-state index contributed by atoms with van der Waals surface area (Å²) in [7, 11) is 0. The van der Waals surface area contributed by atoms with Crippen LogP contribution in [0.5, 0.6) is 0 Å². The number of hydrogen-bond donors (Lipinski definition) is 0. The molecule has 0 aliphatic rings. The van der Waals surface area contributed by atoms with Crippen LogP contribution in [0.1, 0.15) is 0 Å². The summed E-state index contributed by atoms with van der Waals surface area (Å²) in [5.41, 5.74) is 0. The highest BCUT2D eigenvalue weighted by Gasteiger charge is 1.88. The highest BCUT2D eigenvalue weighted by Crippen LogP contribution is 1.77. The predicted molar refractivity (Wildman–Crippen MR) is 31.3 cm³/mol. The van der Waals surface area contributed by atoms with Gasteiger partial charge in [0.05, 0.1) is 0 Å². The number of hydrogen-bond acceptors (Lipinski definition) is 8. The minimum absolute atomic E-state index is 0.920. The average molecular weight is 166 g/mol. The van der Waals surface area contributed by atoms with E-state index in [1.807, 2.05) is 0 Å². The third-order valence-electron chi connectivity index (χ3n) is 0.876. The van der Waals surface area contributed by atoms with Crippen molar-refractivity contribution in [2.45, 2.75) is 0 Å². The molecule has 12 heavy (non-hydrogen) atoms. The maximum atomic E-state index is 3.56. The van der Waals surface area contributed by atoms with Gasteiger partial charge in [-0.2, -0.15) is 0 Å². The van der Waals surface area contributed by atoms with Gasteiger partial charge >= 0.3 is 0 Å². The van der Waals surface area contributed by atoms with Crippen LogP contribution in [0.15, 0.2) is 23.1 Å². The largest absolute Gasteiger partial charge is 0.164 e. The Labute approximate surface area is 64.8 Å². The topological polar surface area (TPSA) is 112 Å². The van der Waals surface area contributed by atoms with Crippen molar-refractivity contribution in [2.75, 3.05) is 0 Å². The highest BCUT2D eigenvalue weighted by atomic mass is 15.8. The van der Waals surface area contributed by atoms with Crippen molar-refractivity contribution in [2.24, 2.45) is 10.4 Å². The van der Waals surface area contributed by atoms with E-state index < -0.39 is 0 Å². The van der Waals surface area contributed by atoms with E-state index in [2.05, 4.69) is 41.3 Å². The summed E-state index contributed by atoms with van der Waals surface area (Å²) in [6, 6.07) is 0. The van der Waals surface area contributed by atoms with Crippen LogP contribution in [0.4, 0.5) is 0 Å². The molecule has 0 aromatic carbocycles. The molecule has 2 aromatic heterocycles. The Bertz CT molecular complexity index is 305. The maximum absolute atomic E-state index is 3.56. The Morgan fingerprint density at radius 2 is 1.33 bits per heavy atom. The molecule has 0 saturated heterocycles. The molecule has 0 atom stereocenters. The summed E-state index contributed by atoms with van der Waals surface area (Å²) in [6.07, 6.45) is 2.46. The Morgan fingerprint density at radius 3 is 1.67 bits per heavy atom. The van der Waals surface area contributed by atoms with Crippen molar-refractivity contribution in [3.05, 3.63) is 12.7 Å². The summed E-state index contributed by atoms with van der Waals surface area (Å²) in [6.45, 7) is 0. The van der Waals surface area contributed by atoms with E-state index in [1.165, 1.54) is 12.7 Å². The molecule has 10 nitrogen and oxygen atoms in total. The molecule has 60 valence electrons. The molecule has 0 aliphatic heterocycles. The fourth-order valence-electron chi connectivity index (χ4n) is 0.477. The lowest BCUT2D eigenvalue weighted by Gasteiger charge is -1.81. The summed E-state index contributed by atoms with van der Waals surface area (Å²) < 4.78 is 0. The van der Waals surface area contributed by atoms with Gasteiger partial charge in [0.15, 0.2) is 12.7 Å². The minimum atomic E-state index is 0.920. The Kier molecular flexibility index (Phi) is 1.49. The van der Waals surface area contributed by atoms with Gasteiger partial charge in [0.2, 0.25) is 0 Å². The Morgan fingerprint density at radius 1 is 0.833 bits per heavy atom. The molecule has 0 spiro atoms. The second kappa shape index (κ2) is 2.77. The lowest BCUT2D eigenvalue weighted by Crippen LogP contribution is -1.97. The second-order valence-electron chi connectivity index (χ2n) is 1.59. The van der Waals surface area contributed by atoms with E-state index >= 15 is 0 Å². The molecule has 0 bridgehead atoms. The van der Waals surface area contributed by atoms with Gasteiger partial charge in [-0.15, -0.1) is 20.4 Å². The number of nitrogens with zero attached hydrogens (tertiary/aromatic N) is 10. The van der Waals surface area contributed by atoms with Crippen molar-refractivity contribution >= 4 is 0 Å². The molecule has 0 radical (unpaired) electrons. The molecule has 10 heteroatoms. The SMILES string of the molecule is c1nnn(N=Nn2ncnn2)n1. The van der Waals surface area contributed by atoms with E-state index in [0.29, 0.717) is 0 Å². The van der Waals surface area contributed by atoms with Crippen molar-refractivity contribution in [3.63, 3.8) is 0 Å². The van der Waals surface area contributed by atoms with E-state index in [4.69, 9.17) is 0 Å². The van der Waals surface area contributed by atoms with Crippen molar-refractivity contribution < 1.29 is 0 Å². The van der Waals surface area contributed by atoms with Gasteiger partial charge in [0, 0.05) is 0 Å². The van der Waals surface area contributed by atoms with Crippen LogP contribution in [-0.4, -0.2) is 40.6 Å². The van der Waals surface area contributed by atoms with Crippen molar-refractivity contribution in [1.82, 2.24) is 40.6 Å². The van der Waals surface area contributed by atoms with Crippen molar-refractivity contribution in [1.29, 1.82) is 0 Å². The third-order valence-corrected chi connectivity index (χ3v) is 0.876. The minimum Gasteiger partial charge on any atom is -0.115 e. The Balaban J connectivity index is 2.14. The first-order valence-corrected chi connectivity index (χ1v) is 2.83. The summed E-state index contributed by atoms with van der Waals surface area (Å²) in [5.74, 6) is 0. The standard InChI is InChI=1S/C2H2N10/c1-3-7-11(5-1)9-10-12-6-2-4-8-12/h1-2H. The molecular weight excluding hydrogens is 164 g/mol. The first-order valence-electron chi connectivity index (χ1n) is 2.83. The zero-order valence-electron chi connectivity index (χ0n) is 5.63. The lowest BCUT2D eigenvalue weighted by atomic mass is 11.4. The zero-order valence-corrected chi connectivity index (χ0v) is 5.63. The van der Waals surface area contributed by atoms with Gasteiger partial charge < -0.3 is 0 Å². The monoisotopic (exact) mass is 166 g/mol. The van der Waals surface area contributed by atoms with Crippen LogP contribution in [0.2, 0.25) is 0 Å². The van der Waals surface area contributed by atoms with Gasteiger partial charge in [0.1, 0.15) is 0 Å². The molecule has 2 rings (SSSR count). The van der Waals surface area contributed by atoms with Gasteiger partial charge in [0.25, 0.3) is 0 Å². The molecule has 2 heterocycles. The fourth-order valence-corrected chi connectivity index (χ4v) is 0.477. The van der Waals surface area contributed by atoms with Crippen LogP contribution in [-0.2, 0) is 0 Å². The van der Waals surface area contributed by atoms with E-state index in [0.717, 1.165) is 9.81 Å². The van der Waals surface area contributed by atoms with Gasteiger partial charge in [-0.05, 0) is 30.7 Å². The zero-order chi connectivity index (χ0) is 8.23. The van der Waals surface area contributed by atoms with Gasteiger partial charge in [-0.3, -0.25) is 0 Å². The highest BCUT2D eigenvalue weighted by molar-refractivity contribution is 4.35.